The van der Waals surface area contributed by atoms with Gasteiger partial charge in [0.2, 0.25) is 0 Å². The number of rotatable bonds is 6. The zero-order valence-electron chi connectivity index (χ0n) is 16.4. The number of aliphatic hydroxyl groups is 1. The molecule has 1 aliphatic rings. The van der Waals surface area contributed by atoms with Gasteiger partial charge in [-0.3, -0.25) is 0 Å². The Labute approximate surface area is 169 Å². The summed E-state index contributed by atoms with van der Waals surface area (Å²) in [7, 11) is 0. The van der Waals surface area contributed by atoms with Crippen LogP contribution in [0, 0.1) is 11.3 Å². The molecule has 4 heterocycles. The molecule has 29 heavy (non-hydrogen) atoms. The highest BCUT2D eigenvalue weighted by atomic mass is 16.5. The number of pyridine rings is 2. The third-order valence-electron chi connectivity index (χ3n) is 5.12. The highest BCUT2D eigenvalue weighted by Gasteiger charge is 2.16. The smallest absolute Gasteiger partial charge is 0.138 e. The summed E-state index contributed by atoms with van der Waals surface area (Å²) in [5.74, 6) is 1.53. The number of aromatic nitrogens is 3. The first-order valence-corrected chi connectivity index (χ1v) is 9.84. The van der Waals surface area contributed by atoms with Crippen molar-refractivity contribution in [2.45, 2.75) is 19.4 Å². The molecule has 1 atom stereocenters. The Morgan fingerprint density at radius 2 is 2.14 bits per heavy atom. The van der Waals surface area contributed by atoms with Crippen molar-refractivity contribution in [1.82, 2.24) is 19.9 Å². The molecule has 0 amide bonds. The minimum Gasteiger partial charge on any atom is -0.489 e. The van der Waals surface area contributed by atoms with Gasteiger partial charge < -0.3 is 20.1 Å². The Balaban J connectivity index is 1.70. The first kappa shape index (κ1) is 19.2. The van der Waals surface area contributed by atoms with Gasteiger partial charge in [0.1, 0.15) is 24.2 Å². The van der Waals surface area contributed by atoms with Crippen molar-refractivity contribution in [3.8, 4) is 22.9 Å². The summed E-state index contributed by atoms with van der Waals surface area (Å²) in [4.78, 5) is 6.90. The van der Waals surface area contributed by atoms with Gasteiger partial charge in [-0.05, 0) is 24.6 Å². The van der Waals surface area contributed by atoms with E-state index in [4.69, 9.17) is 4.74 Å². The normalized spacial score (nSPS) is 15.3. The molecule has 0 unspecified atom stereocenters. The Kier molecular flexibility index (Phi) is 5.60. The third kappa shape index (κ3) is 4.01. The van der Waals surface area contributed by atoms with Crippen LogP contribution in [-0.2, 0) is 0 Å². The third-order valence-corrected chi connectivity index (χ3v) is 5.12. The van der Waals surface area contributed by atoms with Crippen LogP contribution in [0.3, 0.4) is 0 Å². The summed E-state index contributed by atoms with van der Waals surface area (Å²) in [6.45, 7) is 5.87. The van der Waals surface area contributed by atoms with Gasteiger partial charge >= 0.3 is 0 Å². The van der Waals surface area contributed by atoms with Crippen molar-refractivity contribution in [3.05, 3.63) is 42.4 Å². The van der Waals surface area contributed by atoms with Crippen LogP contribution in [0.15, 0.2) is 36.8 Å². The lowest BCUT2D eigenvalue weighted by Gasteiger charge is -2.28. The first-order chi connectivity index (χ1) is 14.2. The van der Waals surface area contributed by atoms with E-state index in [1.54, 1.807) is 16.9 Å². The Morgan fingerprint density at radius 1 is 1.31 bits per heavy atom. The second kappa shape index (κ2) is 8.47. The highest BCUT2D eigenvalue weighted by molar-refractivity contribution is 5.85. The number of hydrogen-bond donors (Lipinski definition) is 2. The highest BCUT2D eigenvalue weighted by Crippen LogP contribution is 2.31. The molecule has 150 valence electrons. The summed E-state index contributed by atoms with van der Waals surface area (Å²) in [6, 6.07) is 8.10. The van der Waals surface area contributed by atoms with Crippen molar-refractivity contribution in [2.24, 2.45) is 0 Å². The molecule has 3 aromatic heterocycles. The molecule has 0 bridgehead atoms. The minimum atomic E-state index is -0.526. The van der Waals surface area contributed by atoms with Crippen LogP contribution in [0.4, 0.5) is 5.82 Å². The van der Waals surface area contributed by atoms with Gasteiger partial charge in [0.15, 0.2) is 0 Å². The lowest BCUT2D eigenvalue weighted by atomic mass is 10.1. The van der Waals surface area contributed by atoms with E-state index in [0.29, 0.717) is 23.3 Å². The van der Waals surface area contributed by atoms with Crippen molar-refractivity contribution in [1.29, 1.82) is 5.26 Å². The van der Waals surface area contributed by atoms with E-state index in [1.165, 1.54) is 0 Å². The monoisotopic (exact) mass is 392 g/mol. The topological polar surface area (TPSA) is 98.7 Å². The zero-order chi connectivity index (χ0) is 20.2. The SMILES string of the molecule is CC[C@H](O)COc1cc(-c2ccc(N3CCNCC3)nc2)c2c(C#N)cnn2c1. The molecule has 1 saturated heterocycles. The van der Waals surface area contributed by atoms with E-state index in [0.717, 1.165) is 43.1 Å². The maximum atomic E-state index is 9.81. The number of nitrogens with one attached hydrogen (secondary N) is 1. The fraction of sp³-hybridized carbons (Fsp3) is 0.381. The zero-order valence-corrected chi connectivity index (χ0v) is 16.4. The number of hydrogen-bond acceptors (Lipinski definition) is 7. The van der Waals surface area contributed by atoms with Gasteiger partial charge in [-0.1, -0.05) is 6.92 Å². The lowest BCUT2D eigenvalue weighted by Crippen LogP contribution is -2.43. The summed E-state index contributed by atoms with van der Waals surface area (Å²) in [5, 5.41) is 26.9. The molecule has 0 aromatic carbocycles. The summed E-state index contributed by atoms with van der Waals surface area (Å²) >= 11 is 0. The standard InChI is InChI=1S/C21H24N6O2/c1-2-17(28)14-29-18-9-19(21-16(10-22)12-25-27(21)13-18)15-3-4-20(24-11-15)26-7-5-23-6-8-26/h3-4,9,11-13,17,23,28H,2,5-8,14H2,1H3/t17-/m0/s1. The molecule has 0 saturated carbocycles. The molecule has 0 spiro atoms. The fourth-order valence-corrected chi connectivity index (χ4v) is 3.41. The Morgan fingerprint density at radius 3 is 2.83 bits per heavy atom. The average Bonchev–Trinajstić information content (AvgIpc) is 3.20. The molecule has 8 nitrogen and oxygen atoms in total. The summed E-state index contributed by atoms with van der Waals surface area (Å²) in [6.07, 6.45) is 5.19. The van der Waals surface area contributed by atoms with Crippen molar-refractivity contribution in [2.75, 3.05) is 37.7 Å². The van der Waals surface area contributed by atoms with Crippen LogP contribution in [-0.4, -0.2) is 58.6 Å². The van der Waals surface area contributed by atoms with Crippen LogP contribution >= 0.6 is 0 Å². The number of piperazine rings is 1. The predicted octanol–water partition coefficient (Wildman–Crippen LogP) is 1.83. The van der Waals surface area contributed by atoms with Gasteiger partial charge in [0, 0.05) is 43.5 Å². The lowest BCUT2D eigenvalue weighted by molar-refractivity contribution is 0.104. The van der Waals surface area contributed by atoms with E-state index in [-0.39, 0.29) is 6.61 Å². The largest absolute Gasteiger partial charge is 0.489 e. The van der Waals surface area contributed by atoms with Crippen molar-refractivity contribution in [3.63, 3.8) is 0 Å². The Hall–Kier alpha value is -3.15. The van der Waals surface area contributed by atoms with Gasteiger partial charge in [-0.2, -0.15) is 10.4 Å². The van der Waals surface area contributed by atoms with E-state index in [1.807, 2.05) is 31.3 Å². The fourth-order valence-electron chi connectivity index (χ4n) is 3.41. The molecular weight excluding hydrogens is 368 g/mol. The molecule has 8 heteroatoms. The van der Waals surface area contributed by atoms with Crippen LogP contribution in [0.25, 0.3) is 16.6 Å². The number of ether oxygens (including phenoxy) is 1. The molecule has 1 aliphatic heterocycles. The quantitative estimate of drug-likeness (QED) is 0.660. The van der Waals surface area contributed by atoms with Crippen molar-refractivity contribution >= 4 is 11.3 Å². The molecule has 0 radical (unpaired) electrons. The van der Waals surface area contributed by atoms with Crippen molar-refractivity contribution < 1.29 is 9.84 Å². The summed E-state index contributed by atoms with van der Waals surface area (Å²) < 4.78 is 7.41. The maximum Gasteiger partial charge on any atom is 0.138 e. The molecule has 3 aromatic rings. The molecule has 2 N–H and O–H groups in total. The number of anilines is 1. The van der Waals surface area contributed by atoms with Crippen LogP contribution in [0.2, 0.25) is 0 Å². The first-order valence-electron chi connectivity index (χ1n) is 9.84. The van der Waals surface area contributed by atoms with Crippen LogP contribution < -0.4 is 15.0 Å². The van der Waals surface area contributed by atoms with Gasteiger partial charge in [-0.15, -0.1) is 0 Å². The van der Waals surface area contributed by atoms with E-state index >= 15 is 0 Å². The second-order valence-electron chi connectivity index (χ2n) is 7.07. The molecule has 0 aliphatic carbocycles. The number of aliphatic hydroxyl groups excluding tert-OH is 1. The second-order valence-corrected chi connectivity index (χ2v) is 7.07. The van der Waals surface area contributed by atoms with Gasteiger partial charge in [0.25, 0.3) is 0 Å². The molecule has 1 fully saturated rings. The van der Waals surface area contributed by atoms with Gasteiger partial charge in [-0.25, -0.2) is 9.50 Å². The average molecular weight is 392 g/mol. The summed E-state index contributed by atoms with van der Waals surface area (Å²) in [5.41, 5.74) is 2.91. The predicted molar refractivity (Wildman–Crippen MR) is 110 cm³/mol. The van der Waals surface area contributed by atoms with Crippen LogP contribution in [0.1, 0.15) is 18.9 Å². The van der Waals surface area contributed by atoms with E-state index in [2.05, 4.69) is 26.4 Å². The Bertz CT molecular complexity index is 1020. The van der Waals surface area contributed by atoms with Gasteiger partial charge in [0.05, 0.1) is 29.6 Å². The van der Waals surface area contributed by atoms with E-state index < -0.39 is 6.10 Å². The minimum absolute atomic E-state index is 0.202. The number of nitrogens with zero attached hydrogens (tertiary/aromatic N) is 5. The molecule has 4 rings (SSSR count). The maximum absolute atomic E-state index is 9.81. The van der Waals surface area contributed by atoms with E-state index in [9.17, 15) is 10.4 Å². The van der Waals surface area contributed by atoms with Crippen LogP contribution in [0.5, 0.6) is 5.75 Å². The number of fused-ring (bicyclic) bond motifs is 1. The molecular formula is C21H24N6O2. The number of nitriles is 1.